The number of hydrogen-bond donors (Lipinski definition) is 3. The SMILES string of the molecule is NNC(=Nc1ccc(Cl)cc1Cl)Nc1ccccc1. The van der Waals surface area contributed by atoms with E-state index in [4.69, 9.17) is 29.0 Å². The first-order chi connectivity index (χ1) is 9.19. The van der Waals surface area contributed by atoms with Crippen LogP contribution in [0, 0.1) is 0 Å². The van der Waals surface area contributed by atoms with E-state index in [1.807, 2.05) is 30.3 Å². The van der Waals surface area contributed by atoms with Crippen LogP contribution in [0.1, 0.15) is 0 Å². The number of guanidine groups is 1. The Morgan fingerprint density at radius 2 is 1.79 bits per heavy atom. The third-order valence-corrected chi connectivity index (χ3v) is 2.85. The molecule has 0 aliphatic carbocycles. The van der Waals surface area contributed by atoms with Gasteiger partial charge in [-0.05, 0) is 30.3 Å². The number of anilines is 1. The molecular weight excluding hydrogens is 283 g/mol. The molecule has 4 N–H and O–H groups in total. The van der Waals surface area contributed by atoms with Gasteiger partial charge in [-0.2, -0.15) is 0 Å². The molecule has 2 aromatic rings. The van der Waals surface area contributed by atoms with Crippen LogP contribution in [0.5, 0.6) is 0 Å². The lowest BCUT2D eigenvalue weighted by Crippen LogP contribution is -2.35. The zero-order chi connectivity index (χ0) is 13.7. The highest BCUT2D eigenvalue weighted by atomic mass is 35.5. The van der Waals surface area contributed by atoms with E-state index < -0.39 is 0 Å². The summed E-state index contributed by atoms with van der Waals surface area (Å²) in [6.07, 6.45) is 0. The fourth-order valence-electron chi connectivity index (χ4n) is 1.45. The van der Waals surface area contributed by atoms with Crippen LogP contribution in [-0.4, -0.2) is 5.96 Å². The minimum absolute atomic E-state index is 0.385. The van der Waals surface area contributed by atoms with Crippen molar-refractivity contribution in [1.82, 2.24) is 5.43 Å². The fraction of sp³-hybridized carbons (Fsp3) is 0. The average molecular weight is 295 g/mol. The number of nitrogens with two attached hydrogens (primary N) is 1. The van der Waals surface area contributed by atoms with Gasteiger partial charge in [0.2, 0.25) is 5.96 Å². The van der Waals surface area contributed by atoms with Crippen LogP contribution in [0.3, 0.4) is 0 Å². The maximum Gasteiger partial charge on any atom is 0.215 e. The molecular formula is C13H12Cl2N4. The summed E-state index contributed by atoms with van der Waals surface area (Å²) in [6.45, 7) is 0. The van der Waals surface area contributed by atoms with Gasteiger partial charge in [0.1, 0.15) is 0 Å². The summed E-state index contributed by atoms with van der Waals surface area (Å²) in [5.41, 5.74) is 3.92. The van der Waals surface area contributed by atoms with Gasteiger partial charge in [-0.3, -0.25) is 5.43 Å². The van der Waals surface area contributed by atoms with Crippen molar-refractivity contribution >= 4 is 40.5 Å². The standard InChI is InChI=1S/C13H12Cl2N4/c14-9-6-7-12(11(15)8-9)18-13(19-16)17-10-4-2-1-3-5-10/h1-8H,16H2,(H2,17,18,19). The van der Waals surface area contributed by atoms with Crippen LogP contribution in [0.15, 0.2) is 53.5 Å². The Morgan fingerprint density at radius 3 is 2.42 bits per heavy atom. The van der Waals surface area contributed by atoms with Crippen molar-refractivity contribution in [2.24, 2.45) is 10.8 Å². The zero-order valence-corrected chi connectivity index (χ0v) is 11.4. The second kappa shape index (κ2) is 6.43. The van der Waals surface area contributed by atoms with E-state index >= 15 is 0 Å². The lowest BCUT2D eigenvalue weighted by Gasteiger charge is -2.09. The number of rotatable bonds is 2. The number of para-hydroxylation sites is 1. The quantitative estimate of drug-likeness (QED) is 0.343. The molecule has 98 valence electrons. The highest BCUT2D eigenvalue weighted by molar-refractivity contribution is 6.36. The number of aliphatic imine (C=N–C) groups is 1. The van der Waals surface area contributed by atoms with E-state index in [0.29, 0.717) is 21.7 Å². The normalized spacial score (nSPS) is 11.2. The Hall–Kier alpha value is -1.75. The van der Waals surface area contributed by atoms with Crippen LogP contribution in [-0.2, 0) is 0 Å². The molecule has 0 heterocycles. The third kappa shape index (κ3) is 3.86. The Kier molecular flexibility index (Phi) is 4.63. The molecule has 0 aliphatic heterocycles. The van der Waals surface area contributed by atoms with Gasteiger partial charge in [0.15, 0.2) is 0 Å². The van der Waals surface area contributed by atoms with Gasteiger partial charge in [0.05, 0.1) is 10.7 Å². The molecule has 0 radical (unpaired) electrons. The highest BCUT2D eigenvalue weighted by Crippen LogP contribution is 2.27. The first-order valence-electron chi connectivity index (χ1n) is 5.51. The molecule has 2 rings (SSSR count). The maximum absolute atomic E-state index is 6.05. The Bertz CT molecular complexity index is 584. The van der Waals surface area contributed by atoms with Crippen molar-refractivity contribution < 1.29 is 0 Å². The molecule has 4 nitrogen and oxygen atoms in total. The molecule has 0 saturated heterocycles. The van der Waals surface area contributed by atoms with Gasteiger partial charge in [0.25, 0.3) is 0 Å². The summed E-state index contributed by atoms with van der Waals surface area (Å²) in [4.78, 5) is 4.29. The van der Waals surface area contributed by atoms with Crippen LogP contribution in [0.2, 0.25) is 10.0 Å². The van der Waals surface area contributed by atoms with Gasteiger partial charge in [-0.25, -0.2) is 10.8 Å². The Labute approximate surface area is 121 Å². The molecule has 0 aromatic heterocycles. The minimum atomic E-state index is 0.385. The van der Waals surface area contributed by atoms with Crippen molar-refractivity contribution in [2.45, 2.75) is 0 Å². The van der Waals surface area contributed by atoms with Crippen molar-refractivity contribution in [3.05, 3.63) is 58.6 Å². The summed E-state index contributed by atoms with van der Waals surface area (Å²) in [5, 5.41) is 4.05. The number of hydrogen-bond acceptors (Lipinski definition) is 2. The third-order valence-electron chi connectivity index (χ3n) is 2.32. The lowest BCUT2D eigenvalue weighted by atomic mass is 10.3. The summed E-state index contributed by atoms with van der Waals surface area (Å²) < 4.78 is 0. The number of hydrazine groups is 1. The lowest BCUT2D eigenvalue weighted by molar-refractivity contribution is 1.02. The summed E-state index contributed by atoms with van der Waals surface area (Å²) in [6, 6.07) is 14.6. The van der Waals surface area contributed by atoms with Crippen LogP contribution >= 0.6 is 23.2 Å². The van der Waals surface area contributed by atoms with Crippen molar-refractivity contribution in [3.8, 4) is 0 Å². The smallest absolute Gasteiger partial charge is 0.215 e. The Morgan fingerprint density at radius 1 is 1.05 bits per heavy atom. The van der Waals surface area contributed by atoms with E-state index in [-0.39, 0.29) is 0 Å². The van der Waals surface area contributed by atoms with Gasteiger partial charge in [0, 0.05) is 10.7 Å². The molecule has 6 heteroatoms. The van der Waals surface area contributed by atoms with Crippen molar-refractivity contribution in [1.29, 1.82) is 0 Å². The van der Waals surface area contributed by atoms with Gasteiger partial charge >= 0.3 is 0 Å². The Balaban J connectivity index is 2.23. The van der Waals surface area contributed by atoms with E-state index in [9.17, 15) is 0 Å². The van der Waals surface area contributed by atoms with Gasteiger partial charge in [-0.1, -0.05) is 41.4 Å². The highest BCUT2D eigenvalue weighted by Gasteiger charge is 2.03. The zero-order valence-electron chi connectivity index (χ0n) is 9.90. The second-order valence-corrected chi connectivity index (χ2v) is 4.54. The summed E-state index contributed by atoms with van der Waals surface area (Å²) in [5.74, 6) is 5.82. The molecule has 2 aromatic carbocycles. The first-order valence-corrected chi connectivity index (χ1v) is 6.27. The monoisotopic (exact) mass is 294 g/mol. The number of nitrogens with zero attached hydrogens (tertiary/aromatic N) is 1. The van der Waals surface area contributed by atoms with Crippen molar-refractivity contribution in [3.63, 3.8) is 0 Å². The van der Waals surface area contributed by atoms with E-state index in [0.717, 1.165) is 5.69 Å². The van der Waals surface area contributed by atoms with Crippen LogP contribution in [0.25, 0.3) is 0 Å². The molecule has 0 bridgehead atoms. The molecule has 0 amide bonds. The van der Waals surface area contributed by atoms with Gasteiger partial charge in [-0.15, -0.1) is 0 Å². The molecule has 0 atom stereocenters. The summed E-state index contributed by atoms with van der Waals surface area (Å²) in [7, 11) is 0. The second-order valence-electron chi connectivity index (χ2n) is 3.69. The first kappa shape index (κ1) is 13.7. The predicted octanol–water partition coefficient (Wildman–Crippen LogP) is 3.56. The van der Waals surface area contributed by atoms with Gasteiger partial charge < -0.3 is 5.32 Å². The van der Waals surface area contributed by atoms with Crippen LogP contribution in [0.4, 0.5) is 11.4 Å². The van der Waals surface area contributed by atoms with Crippen LogP contribution < -0.4 is 16.6 Å². The summed E-state index contributed by atoms with van der Waals surface area (Å²) >= 11 is 11.9. The number of benzene rings is 2. The number of halogens is 2. The molecule has 0 aliphatic rings. The fourth-order valence-corrected chi connectivity index (χ4v) is 1.90. The molecule has 0 unspecified atom stereocenters. The predicted molar refractivity (Wildman–Crippen MR) is 80.9 cm³/mol. The molecule has 0 spiro atoms. The maximum atomic E-state index is 6.05. The van der Waals surface area contributed by atoms with Crippen molar-refractivity contribution in [2.75, 3.05) is 5.32 Å². The number of nitrogens with one attached hydrogen (secondary N) is 2. The largest absolute Gasteiger partial charge is 0.325 e. The topological polar surface area (TPSA) is 62.4 Å². The van der Waals surface area contributed by atoms with E-state index in [1.54, 1.807) is 18.2 Å². The molecule has 0 fully saturated rings. The van der Waals surface area contributed by atoms with E-state index in [1.165, 1.54) is 0 Å². The van der Waals surface area contributed by atoms with E-state index in [2.05, 4.69) is 15.7 Å². The average Bonchev–Trinajstić information content (AvgIpc) is 2.42. The molecule has 0 saturated carbocycles. The molecule has 19 heavy (non-hydrogen) atoms. The minimum Gasteiger partial charge on any atom is -0.325 e.